The van der Waals surface area contributed by atoms with E-state index in [0.717, 1.165) is 30.7 Å². The van der Waals surface area contributed by atoms with Gasteiger partial charge in [-0.1, -0.05) is 44.4 Å². The van der Waals surface area contributed by atoms with E-state index in [9.17, 15) is 0 Å². The first-order valence-electron chi connectivity index (χ1n) is 8.47. The van der Waals surface area contributed by atoms with Gasteiger partial charge in [0.25, 0.3) is 0 Å². The van der Waals surface area contributed by atoms with E-state index < -0.39 is 0 Å². The van der Waals surface area contributed by atoms with E-state index >= 15 is 0 Å². The first kappa shape index (κ1) is 16.4. The fraction of sp³-hybridized carbons (Fsp3) is 0.684. The van der Waals surface area contributed by atoms with Crippen molar-refractivity contribution in [1.82, 2.24) is 5.32 Å². The fourth-order valence-electron chi connectivity index (χ4n) is 3.56. The van der Waals surface area contributed by atoms with Gasteiger partial charge in [0.1, 0.15) is 5.75 Å². The zero-order valence-electron chi connectivity index (χ0n) is 14.1. The average Bonchev–Trinajstić information content (AvgIpc) is 2.47. The Morgan fingerprint density at radius 3 is 2.71 bits per heavy atom. The monoisotopic (exact) mass is 289 g/mol. The van der Waals surface area contributed by atoms with Crippen LogP contribution in [0.25, 0.3) is 0 Å². The maximum absolute atomic E-state index is 5.62. The highest BCUT2D eigenvalue weighted by atomic mass is 16.5. The smallest absolute Gasteiger partial charge is 0.122 e. The third-order valence-corrected chi connectivity index (χ3v) is 4.65. The molecule has 1 aromatic carbocycles. The first-order chi connectivity index (χ1) is 10.1. The molecule has 1 N–H and O–H groups in total. The maximum atomic E-state index is 5.62. The van der Waals surface area contributed by atoms with Crippen molar-refractivity contribution < 1.29 is 4.74 Å². The molecule has 1 aromatic rings. The summed E-state index contributed by atoms with van der Waals surface area (Å²) in [6.45, 7) is 8.98. The quantitative estimate of drug-likeness (QED) is 0.831. The summed E-state index contributed by atoms with van der Waals surface area (Å²) < 4.78 is 5.62. The molecule has 21 heavy (non-hydrogen) atoms. The Morgan fingerprint density at radius 2 is 2.00 bits per heavy atom. The summed E-state index contributed by atoms with van der Waals surface area (Å²) in [5.74, 6) is 3.18. The van der Waals surface area contributed by atoms with Crippen LogP contribution in [0.4, 0.5) is 0 Å². The van der Waals surface area contributed by atoms with Gasteiger partial charge in [0.05, 0.1) is 7.11 Å². The fourth-order valence-corrected chi connectivity index (χ4v) is 3.56. The lowest BCUT2D eigenvalue weighted by Gasteiger charge is -2.33. The molecule has 0 spiro atoms. The van der Waals surface area contributed by atoms with E-state index in [2.05, 4.69) is 44.3 Å². The van der Waals surface area contributed by atoms with Crippen molar-refractivity contribution in [3.8, 4) is 5.75 Å². The van der Waals surface area contributed by atoms with E-state index in [-0.39, 0.29) is 0 Å². The molecule has 2 heteroatoms. The van der Waals surface area contributed by atoms with Crippen LogP contribution in [0.2, 0.25) is 0 Å². The van der Waals surface area contributed by atoms with Gasteiger partial charge in [0, 0.05) is 0 Å². The molecule has 1 aliphatic carbocycles. The average molecular weight is 289 g/mol. The van der Waals surface area contributed by atoms with Gasteiger partial charge < -0.3 is 10.1 Å². The van der Waals surface area contributed by atoms with E-state index in [1.54, 1.807) is 7.11 Å². The van der Waals surface area contributed by atoms with Crippen LogP contribution in [0.15, 0.2) is 18.2 Å². The second-order valence-electron chi connectivity index (χ2n) is 6.95. The lowest BCUT2D eigenvalue weighted by atomic mass is 9.75. The summed E-state index contributed by atoms with van der Waals surface area (Å²) in [5.41, 5.74) is 2.76. The Balaban J connectivity index is 2.12. The topological polar surface area (TPSA) is 21.3 Å². The summed E-state index contributed by atoms with van der Waals surface area (Å²) in [6, 6.07) is 6.62. The lowest BCUT2D eigenvalue weighted by Crippen LogP contribution is -2.31. The van der Waals surface area contributed by atoms with Crippen LogP contribution >= 0.6 is 0 Å². The van der Waals surface area contributed by atoms with Gasteiger partial charge in [-0.2, -0.15) is 0 Å². The minimum atomic E-state index is 0.647. The van der Waals surface area contributed by atoms with E-state index in [0.29, 0.717) is 5.92 Å². The second-order valence-corrected chi connectivity index (χ2v) is 6.95. The van der Waals surface area contributed by atoms with Crippen LogP contribution < -0.4 is 10.1 Å². The van der Waals surface area contributed by atoms with Gasteiger partial charge in [-0.3, -0.25) is 0 Å². The van der Waals surface area contributed by atoms with E-state index in [1.807, 2.05) is 0 Å². The lowest BCUT2D eigenvalue weighted by molar-refractivity contribution is 0.284. The molecular weight excluding hydrogens is 258 g/mol. The number of rotatable bonds is 6. The number of hydrogen-bond donors (Lipinski definition) is 1. The standard InChI is InChI=1S/C19H31NO/c1-14(2)12-20-13-16-7-5-6-8-17(16)18-11-15(3)9-10-19(18)21-4/h9-11,14,16-17,20H,5-8,12-13H2,1-4H3. The van der Waals surface area contributed by atoms with E-state index in [1.165, 1.54) is 36.8 Å². The number of aryl methyl sites for hydroxylation is 1. The van der Waals surface area contributed by atoms with Crippen molar-refractivity contribution in [3.63, 3.8) is 0 Å². The maximum Gasteiger partial charge on any atom is 0.122 e. The summed E-state index contributed by atoms with van der Waals surface area (Å²) in [4.78, 5) is 0. The molecule has 2 atom stereocenters. The molecule has 0 aromatic heterocycles. The molecule has 0 radical (unpaired) electrons. The number of benzene rings is 1. The second kappa shape index (κ2) is 7.84. The zero-order valence-corrected chi connectivity index (χ0v) is 14.1. The molecule has 2 unspecified atom stereocenters. The third-order valence-electron chi connectivity index (χ3n) is 4.65. The summed E-state index contributed by atoms with van der Waals surface area (Å²) in [6.07, 6.45) is 5.36. The van der Waals surface area contributed by atoms with Gasteiger partial charge in [0.15, 0.2) is 0 Å². The Bertz CT molecular complexity index is 441. The third kappa shape index (κ3) is 4.47. The molecule has 2 rings (SSSR count). The van der Waals surface area contributed by atoms with Crippen molar-refractivity contribution in [2.24, 2.45) is 11.8 Å². The highest BCUT2D eigenvalue weighted by Crippen LogP contribution is 2.41. The van der Waals surface area contributed by atoms with Gasteiger partial charge in [0.2, 0.25) is 0 Å². The summed E-state index contributed by atoms with van der Waals surface area (Å²) in [5, 5.41) is 3.67. The molecule has 0 saturated heterocycles. The van der Waals surface area contributed by atoms with Crippen molar-refractivity contribution in [1.29, 1.82) is 0 Å². The van der Waals surface area contributed by atoms with Gasteiger partial charge in [-0.25, -0.2) is 0 Å². The van der Waals surface area contributed by atoms with Gasteiger partial charge in [-0.15, -0.1) is 0 Å². The van der Waals surface area contributed by atoms with Crippen LogP contribution in [0.3, 0.4) is 0 Å². The number of ether oxygens (including phenoxy) is 1. The molecule has 1 fully saturated rings. The molecule has 0 heterocycles. The Labute approximate surface area is 130 Å². The molecule has 118 valence electrons. The van der Waals surface area contributed by atoms with Gasteiger partial charge >= 0.3 is 0 Å². The largest absolute Gasteiger partial charge is 0.496 e. The highest BCUT2D eigenvalue weighted by Gasteiger charge is 2.28. The number of methoxy groups -OCH3 is 1. The summed E-state index contributed by atoms with van der Waals surface area (Å²) in [7, 11) is 1.79. The van der Waals surface area contributed by atoms with Crippen LogP contribution in [0, 0.1) is 18.8 Å². The van der Waals surface area contributed by atoms with Crippen LogP contribution in [0.5, 0.6) is 5.75 Å². The minimum Gasteiger partial charge on any atom is -0.496 e. The van der Waals surface area contributed by atoms with Crippen molar-refractivity contribution >= 4 is 0 Å². The van der Waals surface area contributed by atoms with Crippen molar-refractivity contribution in [2.75, 3.05) is 20.2 Å². The molecule has 1 saturated carbocycles. The molecule has 0 aliphatic heterocycles. The van der Waals surface area contributed by atoms with Crippen LogP contribution in [-0.2, 0) is 0 Å². The first-order valence-corrected chi connectivity index (χ1v) is 8.47. The van der Waals surface area contributed by atoms with Crippen LogP contribution in [0.1, 0.15) is 56.6 Å². The highest BCUT2D eigenvalue weighted by molar-refractivity contribution is 5.40. The molecule has 1 aliphatic rings. The van der Waals surface area contributed by atoms with E-state index in [4.69, 9.17) is 4.74 Å². The molecule has 2 nitrogen and oxygen atoms in total. The van der Waals surface area contributed by atoms with Gasteiger partial charge in [-0.05, 0) is 62.2 Å². The number of nitrogens with one attached hydrogen (secondary N) is 1. The van der Waals surface area contributed by atoms with Crippen LogP contribution in [-0.4, -0.2) is 20.2 Å². The molecular formula is C19H31NO. The Morgan fingerprint density at radius 1 is 1.24 bits per heavy atom. The van der Waals surface area contributed by atoms with Crippen molar-refractivity contribution in [2.45, 2.75) is 52.4 Å². The Hall–Kier alpha value is -1.02. The SMILES string of the molecule is COc1ccc(C)cc1C1CCCCC1CNCC(C)C. The summed E-state index contributed by atoms with van der Waals surface area (Å²) >= 11 is 0. The number of hydrogen-bond acceptors (Lipinski definition) is 2. The van der Waals surface area contributed by atoms with Crippen molar-refractivity contribution in [3.05, 3.63) is 29.3 Å². The minimum absolute atomic E-state index is 0.647. The molecule has 0 bridgehead atoms. The predicted octanol–water partition coefficient (Wildman–Crippen LogP) is 4.52. The normalized spacial score (nSPS) is 22.5. The molecule has 0 amide bonds. The Kier molecular flexibility index (Phi) is 6.10. The predicted molar refractivity (Wildman–Crippen MR) is 90.1 cm³/mol. The zero-order chi connectivity index (χ0) is 15.2.